The van der Waals surface area contributed by atoms with Crippen LogP contribution < -0.4 is 5.32 Å². The van der Waals surface area contributed by atoms with Crippen LogP contribution in [0.25, 0.3) is 0 Å². The van der Waals surface area contributed by atoms with Gasteiger partial charge in [0.25, 0.3) is 0 Å². The predicted octanol–water partition coefficient (Wildman–Crippen LogP) is 2.91. The van der Waals surface area contributed by atoms with Crippen molar-refractivity contribution in [2.75, 3.05) is 19.6 Å². The molecule has 1 aromatic rings. The van der Waals surface area contributed by atoms with E-state index in [4.69, 9.17) is 0 Å². The molecule has 0 bridgehead atoms. The fourth-order valence-electron chi connectivity index (χ4n) is 3.58. The van der Waals surface area contributed by atoms with Gasteiger partial charge in [-0.3, -0.25) is 9.80 Å². The molecule has 0 amide bonds. The molecule has 21 heavy (non-hydrogen) atoms. The van der Waals surface area contributed by atoms with Gasteiger partial charge in [0.15, 0.2) is 0 Å². The van der Waals surface area contributed by atoms with Gasteiger partial charge in [-0.25, -0.2) is 0 Å². The highest BCUT2D eigenvalue weighted by Gasteiger charge is 2.34. The molecule has 2 unspecified atom stereocenters. The minimum atomic E-state index is 0.561. The van der Waals surface area contributed by atoms with E-state index in [9.17, 15) is 0 Å². The van der Waals surface area contributed by atoms with Crippen molar-refractivity contribution >= 4 is 11.3 Å². The van der Waals surface area contributed by atoms with Crippen LogP contribution in [0.5, 0.6) is 0 Å². The Kier molecular flexibility index (Phi) is 4.99. The molecule has 2 aliphatic rings. The first-order valence-corrected chi connectivity index (χ1v) is 9.22. The minimum absolute atomic E-state index is 0.561. The third kappa shape index (κ3) is 3.86. The topological polar surface area (TPSA) is 18.5 Å². The zero-order chi connectivity index (χ0) is 14.8. The number of rotatable bonds is 5. The molecule has 2 saturated heterocycles. The van der Waals surface area contributed by atoms with Gasteiger partial charge >= 0.3 is 0 Å². The van der Waals surface area contributed by atoms with E-state index in [1.165, 1.54) is 42.2 Å². The third-order valence-corrected chi connectivity index (χ3v) is 5.90. The number of nitrogens with zero attached hydrogens (tertiary/aromatic N) is 2. The minimum Gasteiger partial charge on any atom is -0.310 e. The van der Waals surface area contributed by atoms with Crippen LogP contribution in [0.3, 0.4) is 0 Å². The Morgan fingerprint density at radius 2 is 2.10 bits per heavy atom. The predicted molar refractivity (Wildman–Crippen MR) is 90.8 cm³/mol. The zero-order valence-electron chi connectivity index (χ0n) is 13.6. The van der Waals surface area contributed by atoms with Crippen LogP contribution in [-0.2, 0) is 13.1 Å². The molecule has 2 atom stereocenters. The van der Waals surface area contributed by atoms with Gasteiger partial charge in [-0.05, 0) is 38.4 Å². The first-order chi connectivity index (χ1) is 10.1. The van der Waals surface area contributed by atoms with Gasteiger partial charge in [0, 0.05) is 54.1 Å². The van der Waals surface area contributed by atoms with Crippen LogP contribution in [0.15, 0.2) is 12.1 Å². The number of fused-ring (bicyclic) bond motifs is 1. The summed E-state index contributed by atoms with van der Waals surface area (Å²) in [5.41, 5.74) is 0. The van der Waals surface area contributed by atoms with Gasteiger partial charge in [-0.2, -0.15) is 0 Å². The summed E-state index contributed by atoms with van der Waals surface area (Å²) in [4.78, 5) is 8.38. The van der Waals surface area contributed by atoms with Crippen molar-refractivity contribution in [2.24, 2.45) is 0 Å². The highest BCUT2D eigenvalue weighted by atomic mass is 32.1. The molecule has 4 heteroatoms. The summed E-state index contributed by atoms with van der Waals surface area (Å²) < 4.78 is 0. The Labute approximate surface area is 133 Å². The van der Waals surface area contributed by atoms with Crippen LogP contribution >= 0.6 is 11.3 Å². The van der Waals surface area contributed by atoms with Gasteiger partial charge in [0.1, 0.15) is 0 Å². The largest absolute Gasteiger partial charge is 0.310 e. The van der Waals surface area contributed by atoms with Crippen molar-refractivity contribution in [2.45, 2.75) is 64.8 Å². The third-order valence-electron chi connectivity index (χ3n) is 4.83. The molecule has 1 aromatic heterocycles. The van der Waals surface area contributed by atoms with Crippen molar-refractivity contribution in [3.63, 3.8) is 0 Å². The Hall–Kier alpha value is -0.420. The molecule has 3 rings (SSSR count). The average molecular weight is 308 g/mol. The second kappa shape index (κ2) is 6.78. The van der Waals surface area contributed by atoms with E-state index < -0.39 is 0 Å². The van der Waals surface area contributed by atoms with E-state index in [1.807, 2.05) is 11.3 Å². The molecule has 0 saturated carbocycles. The Morgan fingerprint density at radius 1 is 1.29 bits per heavy atom. The quantitative estimate of drug-likeness (QED) is 0.902. The average Bonchev–Trinajstić information content (AvgIpc) is 3.06. The van der Waals surface area contributed by atoms with Crippen LogP contribution in [0.1, 0.15) is 43.4 Å². The van der Waals surface area contributed by atoms with Crippen molar-refractivity contribution in [3.05, 3.63) is 21.9 Å². The summed E-state index contributed by atoms with van der Waals surface area (Å²) >= 11 is 1.98. The van der Waals surface area contributed by atoms with E-state index in [2.05, 4.69) is 48.0 Å². The Bertz CT molecular complexity index is 457. The molecular weight excluding hydrogens is 278 g/mol. The maximum Gasteiger partial charge on any atom is 0.0332 e. The summed E-state index contributed by atoms with van der Waals surface area (Å²) in [6.45, 7) is 12.8. The van der Waals surface area contributed by atoms with E-state index in [1.54, 1.807) is 0 Å². The lowest BCUT2D eigenvalue weighted by Crippen LogP contribution is -2.54. The van der Waals surface area contributed by atoms with Crippen molar-refractivity contribution in [1.29, 1.82) is 0 Å². The van der Waals surface area contributed by atoms with Gasteiger partial charge in [0.05, 0.1) is 0 Å². The number of nitrogens with one attached hydrogen (secondary N) is 1. The standard InChI is InChI=1S/C17H29N3S/c1-13(2)18-9-16-6-7-17(21-16)12-20-11-15-5-4-8-19(15)10-14(20)3/h6-7,13-15,18H,4-5,8-12H2,1-3H3. The molecular formula is C17H29N3S. The molecule has 2 fully saturated rings. The summed E-state index contributed by atoms with van der Waals surface area (Å²) in [5, 5.41) is 3.51. The van der Waals surface area contributed by atoms with Crippen molar-refractivity contribution in [3.8, 4) is 0 Å². The highest BCUT2D eigenvalue weighted by molar-refractivity contribution is 7.11. The number of piperazine rings is 1. The number of thiophene rings is 1. The summed E-state index contributed by atoms with van der Waals surface area (Å²) in [7, 11) is 0. The summed E-state index contributed by atoms with van der Waals surface area (Å²) in [6, 6.07) is 6.70. The molecule has 3 nitrogen and oxygen atoms in total. The highest BCUT2D eigenvalue weighted by Crippen LogP contribution is 2.27. The van der Waals surface area contributed by atoms with Crippen LogP contribution in [0.2, 0.25) is 0 Å². The van der Waals surface area contributed by atoms with Crippen LogP contribution in [0, 0.1) is 0 Å². The fraction of sp³-hybridized carbons (Fsp3) is 0.765. The molecule has 3 heterocycles. The van der Waals surface area contributed by atoms with E-state index in [0.717, 1.165) is 19.1 Å². The molecule has 118 valence electrons. The summed E-state index contributed by atoms with van der Waals surface area (Å²) in [5.74, 6) is 0. The van der Waals surface area contributed by atoms with E-state index in [-0.39, 0.29) is 0 Å². The van der Waals surface area contributed by atoms with E-state index >= 15 is 0 Å². The maximum absolute atomic E-state index is 3.51. The summed E-state index contributed by atoms with van der Waals surface area (Å²) in [6.07, 6.45) is 2.80. The molecule has 2 aliphatic heterocycles. The lowest BCUT2D eigenvalue weighted by molar-refractivity contribution is 0.0547. The smallest absolute Gasteiger partial charge is 0.0332 e. The molecule has 0 spiro atoms. The monoisotopic (exact) mass is 307 g/mol. The lowest BCUT2D eigenvalue weighted by Gasteiger charge is -2.42. The van der Waals surface area contributed by atoms with Gasteiger partial charge in [-0.1, -0.05) is 13.8 Å². The van der Waals surface area contributed by atoms with Crippen molar-refractivity contribution < 1.29 is 0 Å². The normalized spacial score (nSPS) is 27.4. The van der Waals surface area contributed by atoms with Gasteiger partial charge in [0.2, 0.25) is 0 Å². The molecule has 1 N–H and O–H groups in total. The lowest BCUT2D eigenvalue weighted by atomic mass is 10.1. The van der Waals surface area contributed by atoms with Gasteiger partial charge < -0.3 is 5.32 Å². The second-order valence-electron chi connectivity index (χ2n) is 6.97. The zero-order valence-corrected chi connectivity index (χ0v) is 14.5. The SMILES string of the molecule is CC(C)NCc1ccc(CN2CC3CCCN3CC2C)s1. The Morgan fingerprint density at radius 3 is 2.90 bits per heavy atom. The van der Waals surface area contributed by atoms with Crippen LogP contribution in [-0.4, -0.2) is 47.6 Å². The first-order valence-electron chi connectivity index (χ1n) is 8.41. The Balaban J connectivity index is 1.56. The molecule has 0 radical (unpaired) electrons. The van der Waals surface area contributed by atoms with E-state index in [0.29, 0.717) is 12.1 Å². The number of hydrogen-bond donors (Lipinski definition) is 1. The first kappa shape index (κ1) is 15.5. The molecule has 0 aliphatic carbocycles. The molecule has 0 aromatic carbocycles. The second-order valence-corrected chi connectivity index (χ2v) is 8.23. The van der Waals surface area contributed by atoms with Crippen LogP contribution in [0.4, 0.5) is 0 Å². The number of hydrogen-bond acceptors (Lipinski definition) is 4. The maximum atomic E-state index is 3.51. The fourth-order valence-corrected chi connectivity index (χ4v) is 4.57. The van der Waals surface area contributed by atoms with Crippen molar-refractivity contribution in [1.82, 2.24) is 15.1 Å². The van der Waals surface area contributed by atoms with Gasteiger partial charge in [-0.15, -0.1) is 11.3 Å².